The molecule has 0 aromatic carbocycles. The van der Waals surface area contributed by atoms with Crippen molar-refractivity contribution >= 4 is 11.8 Å². The summed E-state index contributed by atoms with van der Waals surface area (Å²) in [6, 6.07) is -0.0879. The molecule has 1 atom stereocenters. The van der Waals surface area contributed by atoms with E-state index < -0.39 is 0 Å². The van der Waals surface area contributed by atoms with Crippen molar-refractivity contribution in [3.05, 3.63) is 30.5 Å². The molecule has 22 heavy (non-hydrogen) atoms. The van der Waals surface area contributed by atoms with E-state index in [4.69, 9.17) is 4.42 Å². The number of carbonyl (C=O) groups excluding carboxylic acids is 2. The van der Waals surface area contributed by atoms with Gasteiger partial charge in [-0.25, -0.2) is 4.98 Å². The number of nitrogens with zero attached hydrogens (tertiary/aromatic N) is 2. The summed E-state index contributed by atoms with van der Waals surface area (Å²) < 4.78 is 5.56. The Labute approximate surface area is 130 Å². The van der Waals surface area contributed by atoms with Crippen LogP contribution in [0.1, 0.15) is 56.7 Å². The van der Waals surface area contributed by atoms with E-state index in [1.807, 2.05) is 0 Å². The lowest BCUT2D eigenvalue weighted by molar-refractivity contribution is -0.132. The van der Waals surface area contributed by atoms with E-state index in [2.05, 4.69) is 30.7 Å². The van der Waals surface area contributed by atoms with Gasteiger partial charge in [-0.1, -0.05) is 20.4 Å². The smallest absolute Gasteiger partial charge is 0.243 e. The van der Waals surface area contributed by atoms with Crippen molar-refractivity contribution in [2.45, 2.75) is 45.1 Å². The van der Waals surface area contributed by atoms with E-state index in [9.17, 15) is 9.59 Å². The third-order valence-electron chi connectivity index (χ3n) is 3.81. The van der Waals surface area contributed by atoms with Crippen LogP contribution in [0.2, 0.25) is 0 Å². The van der Waals surface area contributed by atoms with Gasteiger partial charge in [0.05, 0.1) is 5.69 Å². The van der Waals surface area contributed by atoms with E-state index in [0.29, 0.717) is 24.9 Å². The first-order valence-corrected chi connectivity index (χ1v) is 7.68. The lowest BCUT2D eigenvalue weighted by Gasteiger charge is -2.22. The number of hydrogen-bond acceptors (Lipinski definition) is 4. The summed E-state index contributed by atoms with van der Waals surface area (Å²) in [6.07, 6.45) is 4.94. The van der Waals surface area contributed by atoms with Crippen molar-refractivity contribution in [1.82, 2.24) is 15.2 Å². The first-order valence-electron chi connectivity index (χ1n) is 7.68. The highest BCUT2D eigenvalue weighted by molar-refractivity contribution is 5.87. The Balaban J connectivity index is 1.95. The molecule has 1 aromatic rings. The predicted octanol–water partition coefficient (Wildman–Crippen LogP) is 2.15. The Kier molecular flexibility index (Phi) is 5.35. The first kappa shape index (κ1) is 16.3. The molecule has 0 saturated carbocycles. The lowest BCUT2D eigenvalue weighted by atomic mass is 10.1. The Morgan fingerprint density at radius 3 is 3.00 bits per heavy atom. The van der Waals surface area contributed by atoms with Crippen molar-refractivity contribution in [3.63, 3.8) is 0 Å². The number of nitrogens with one attached hydrogen (secondary N) is 1. The fourth-order valence-electron chi connectivity index (χ4n) is 2.55. The van der Waals surface area contributed by atoms with Gasteiger partial charge in [0.15, 0.2) is 0 Å². The minimum atomic E-state index is -0.264. The molecule has 0 spiro atoms. The van der Waals surface area contributed by atoms with E-state index >= 15 is 0 Å². The molecule has 120 valence electrons. The van der Waals surface area contributed by atoms with E-state index in [-0.39, 0.29) is 24.3 Å². The maximum Gasteiger partial charge on any atom is 0.243 e. The van der Waals surface area contributed by atoms with Crippen molar-refractivity contribution in [3.8, 4) is 0 Å². The standard InChI is InChI=1S/C16H23N3O3/c1-4-14(20)17-8-7-15(21)19-9-5-6-13(19)16-18-12(10-22-16)11(2)3/h4,10-11,13H,1,5-9H2,2-3H3,(H,17,20)/t13-/m0/s1. The zero-order chi connectivity index (χ0) is 16.1. The quantitative estimate of drug-likeness (QED) is 0.817. The SMILES string of the molecule is C=CC(=O)NCCC(=O)N1CCC[C@H]1c1nc(C(C)C)co1. The second kappa shape index (κ2) is 7.24. The average molecular weight is 305 g/mol. The van der Waals surface area contributed by atoms with Crippen LogP contribution in [0.3, 0.4) is 0 Å². The molecule has 1 N–H and O–H groups in total. The maximum atomic E-state index is 12.3. The number of hydrogen-bond donors (Lipinski definition) is 1. The summed E-state index contributed by atoms with van der Waals surface area (Å²) in [5.41, 5.74) is 0.910. The minimum absolute atomic E-state index is 0.0103. The van der Waals surface area contributed by atoms with E-state index in [1.54, 1.807) is 11.2 Å². The molecule has 6 nitrogen and oxygen atoms in total. The van der Waals surface area contributed by atoms with Crippen molar-refractivity contribution in [2.75, 3.05) is 13.1 Å². The third kappa shape index (κ3) is 3.75. The summed E-state index contributed by atoms with van der Waals surface area (Å²) >= 11 is 0. The zero-order valence-electron chi connectivity index (χ0n) is 13.2. The van der Waals surface area contributed by atoms with E-state index in [0.717, 1.165) is 18.5 Å². The molecular formula is C16H23N3O3. The van der Waals surface area contributed by atoms with Crippen LogP contribution in [0.4, 0.5) is 0 Å². The number of carbonyl (C=O) groups is 2. The van der Waals surface area contributed by atoms with Crippen LogP contribution < -0.4 is 5.32 Å². The predicted molar refractivity (Wildman–Crippen MR) is 82.1 cm³/mol. The molecule has 1 aliphatic heterocycles. The highest BCUT2D eigenvalue weighted by atomic mass is 16.3. The summed E-state index contributed by atoms with van der Waals surface area (Å²) in [7, 11) is 0. The topological polar surface area (TPSA) is 75.4 Å². The fourth-order valence-corrected chi connectivity index (χ4v) is 2.55. The second-order valence-corrected chi connectivity index (χ2v) is 5.76. The average Bonchev–Trinajstić information content (AvgIpc) is 3.15. The molecule has 0 radical (unpaired) electrons. The molecule has 2 rings (SSSR count). The number of oxazole rings is 1. The Bertz CT molecular complexity index is 551. The maximum absolute atomic E-state index is 12.3. The van der Waals surface area contributed by atoms with Gasteiger partial charge in [-0.3, -0.25) is 9.59 Å². The van der Waals surface area contributed by atoms with Gasteiger partial charge in [0.2, 0.25) is 17.7 Å². The summed E-state index contributed by atoms with van der Waals surface area (Å²) in [6.45, 7) is 8.51. The van der Waals surface area contributed by atoms with Gasteiger partial charge >= 0.3 is 0 Å². The summed E-state index contributed by atoms with van der Waals surface area (Å²) in [5.74, 6) is 0.665. The fraction of sp³-hybridized carbons (Fsp3) is 0.562. The molecule has 0 unspecified atom stereocenters. The van der Waals surface area contributed by atoms with Crippen LogP contribution >= 0.6 is 0 Å². The van der Waals surface area contributed by atoms with Gasteiger partial charge in [-0.05, 0) is 24.8 Å². The Morgan fingerprint density at radius 1 is 1.59 bits per heavy atom. The Hall–Kier alpha value is -2.11. The van der Waals surface area contributed by atoms with Gasteiger partial charge in [-0.15, -0.1) is 0 Å². The van der Waals surface area contributed by atoms with Crippen LogP contribution in [0.5, 0.6) is 0 Å². The van der Waals surface area contributed by atoms with Gasteiger partial charge in [0.25, 0.3) is 0 Å². The Morgan fingerprint density at radius 2 is 2.36 bits per heavy atom. The van der Waals surface area contributed by atoms with Crippen LogP contribution in [0.15, 0.2) is 23.3 Å². The van der Waals surface area contributed by atoms with Gasteiger partial charge < -0.3 is 14.6 Å². The van der Waals surface area contributed by atoms with Gasteiger partial charge in [0, 0.05) is 19.5 Å². The number of likely N-dealkylation sites (tertiary alicyclic amines) is 1. The molecular weight excluding hydrogens is 282 g/mol. The normalized spacial score (nSPS) is 17.8. The molecule has 2 heterocycles. The highest BCUT2D eigenvalue weighted by Gasteiger charge is 2.33. The largest absolute Gasteiger partial charge is 0.446 e. The van der Waals surface area contributed by atoms with Crippen molar-refractivity contribution in [2.24, 2.45) is 0 Å². The molecule has 2 amide bonds. The molecule has 6 heteroatoms. The zero-order valence-corrected chi connectivity index (χ0v) is 13.2. The first-order chi connectivity index (χ1) is 10.5. The summed E-state index contributed by atoms with van der Waals surface area (Å²) in [5, 5.41) is 2.62. The molecule has 1 fully saturated rings. The molecule has 1 saturated heterocycles. The van der Waals surface area contributed by atoms with Crippen LogP contribution in [0, 0.1) is 0 Å². The van der Waals surface area contributed by atoms with Crippen molar-refractivity contribution < 1.29 is 14.0 Å². The molecule has 1 aromatic heterocycles. The second-order valence-electron chi connectivity index (χ2n) is 5.76. The molecule has 0 aliphatic carbocycles. The highest BCUT2D eigenvalue weighted by Crippen LogP contribution is 2.32. The number of rotatable bonds is 6. The lowest BCUT2D eigenvalue weighted by Crippen LogP contribution is -2.34. The monoisotopic (exact) mass is 305 g/mol. The van der Waals surface area contributed by atoms with Gasteiger partial charge in [-0.2, -0.15) is 0 Å². The van der Waals surface area contributed by atoms with Crippen LogP contribution in [0.25, 0.3) is 0 Å². The molecule has 1 aliphatic rings. The van der Waals surface area contributed by atoms with Crippen molar-refractivity contribution in [1.29, 1.82) is 0 Å². The third-order valence-corrected chi connectivity index (χ3v) is 3.81. The van der Waals surface area contributed by atoms with Crippen LogP contribution in [-0.4, -0.2) is 34.8 Å². The van der Waals surface area contributed by atoms with E-state index in [1.165, 1.54) is 6.08 Å². The summed E-state index contributed by atoms with van der Waals surface area (Å²) in [4.78, 5) is 29.7. The minimum Gasteiger partial charge on any atom is -0.446 e. The molecule has 0 bridgehead atoms. The van der Waals surface area contributed by atoms with Crippen LogP contribution in [-0.2, 0) is 9.59 Å². The van der Waals surface area contributed by atoms with Gasteiger partial charge in [0.1, 0.15) is 12.3 Å². The number of amides is 2. The number of aromatic nitrogens is 1.